The van der Waals surface area contributed by atoms with Crippen molar-refractivity contribution in [1.82, 2.24) is 4.57 Å². The molecule has 4 rings (SSSR count). The first-order valence-corrected chi connectivity index (χ1v) is 13.3. The van der Waals surface area contributed by atoms with Gasteiger partial charge >= 0.3 is 5.97 Å². The van der Waals surface area contributed by atoms with E-state index in [0.29, 0.717) is 21.8 Å². The van der Waals surface area contributed by atoms with Gasteiger partial charge in [-0.25, -0.2) is 9.79 Å². The molecule has 0 saturated heterocycles. The topological polar surface area (TPSA) is 133 Å². The first-order valence-electron chi connectivity index (χ1n) is 11.7. The molecule has 0 unspecified atom stereocenters. The summed E-state index contributed by atoms with van der Waals surface area (Å²) in [5.41, 5.74) is 0.499. The molecule has 0 fully saturated rings. The molecule has 38 heavy (non-hydrogen) atoms. The van der Waals surface area contributed by atoms with Crippen molar-refractivity contribution in [2.45, 2.75) is 39.8 Å². The van der Waals surface area contributed by atoms with Crippen LogP contribution < -0.4 is 19.6 Å². The van der Waals surface area contributed by atoms with Crippen molar-refractivity contribution in [2.24, 2.45) is 4.99 Å². The van der Waals surface area contributed by atoms with Crippen molar-refractivity contribution in [3.8, 4) is 11.5 Å². The second-order valence-electron chi connectivity index (χ2n) is 8.63. The van der Waals surface area contributed by atoms with E-state index in [1.807, 2.05) is 13.8 Å². The summed E-state index contributed by atoms with van der Waals surface area (Å²) in [4.78, 5) is 42.5. The van der Waals surface area contributed by atoms with Gasteiger partial charge in [0.15, 0.2) is 4.80 Å². The summed E-state index contributed by atoms with van der Waals surface area (Å²) in [6.45, 7) is 7.25. The Morgan fingerprint density at radius 1 is 1.34 bits per heavy atom. The summed E-state index contributed by atoms with van der Waals surface area (Å²) in [5, 5.41) is 21.9. The summed E-state index contributed by atoms with van der Waals surface area (Å²) >= 11 is 4.16. The van der Waals surface area contributed by atoms with Gasteiger partial charge in [-0.15, -0.1) is 0 Å². The Hall–Kier alpha value is -3.77. The van der Waals surface area contributed by atoms with E-state index in [2.05, 4.69) is 20.9 Å². The highest BCUT2D eigenvalue weighted by atomic mass is 79.9. The number of nitrogens with zero attached hydrogens (tertiary/aromatic N) is 3. The van der Waals surface area contributed by atoms with Crippen LogP contribution in [-0.2, 0) is 9.53 Å². The van der Waals surface area contributed by atoms with Crippen LogP contribution in [0, 0.1) is 10.1 Å². The van der Waals surface area contributed by atoms with Gasteiger partial charge in [0.25, 0.3) is 11.2 Å². The number of aromatic nitrogens is 1. The molecule has 1 aromatic heterocycles. The van der Waals surface area contributed by atoms with E-state index < -0.39 is 22.5 Å². The number of non-ortho nitro benzene ring substituents is 1. The van der Waals surface area contributed by atoms with Crippen LogP contribution in [0.2, 0.25) is 0 Å². The minimum Gasteiger partial charge on any atom is -0.506 e. The Kier molecular flexibility index (Phi) is 7.83. The summed E-state index contributed by atoms with van der Waals surface area (Å²) in [6, 6.07) is 8.59. The van der Waals surface area contributed by atoms with Crippen LogP contribution in [0.1, 0.15) is 44.9 Å². The quantitative estimate of drug-likeness (QED) is 0.246. The van der Waals surface area contributed by atoms with E-state index in [0.717, 1.165) is 11.3 Å². The lowest BCUT2D eigenvalue weighted by molar-refractivity contribution is -0.385. The van der Waals surface area contributed by atoms with Crippen molar-refractivity contribution in [3.05, 3.63) is 93.1 Å². The Labute approximate surface area is 229 Å². The van der Waals surface area contributed by atoms with Crippen LogP contribution in [-0.4, -0.2) is 33.3 Å². The number of fused-ring (bicyclic) bond motifs is 1. The lowest BCUT2D eigenvalue weighted by Crippen LogP contribution is -2.40. The highest BCUT2D eigenvalue weighted by Gasteiger charge is 2.35. The third kappa shape index (κ3) is 5.14. The smallest absolute Gasteiger partial charge is 0.338 e. The number of thiazole rings is 1. The number of phenols is 1. The Balaban J connectivity index is 2.01. The van der Waals surface area contributed by atoms with E-state index in [9.17, 15) is 24.8 Å². The number of nitro groups is 1. The van der Waals surface area contributed by atoms with Gasteiger partial charge in [0.2, 0.25) is 0 Å². The second-order valence-corrected chi connectivity index (χ2v) is 10.5. The van der Waals surface area contributed by atoms with Crippen molar-refractivity contribution >= 4 is 45.0 Å². The average Bonchev–Trinajstić information content (AvgIpc) is 3.15. The van der Waals surface area contributed by atoms with Crippen LogP contribution >= 0.6 is 27.3 Å². The number of benzene rings is 2. The summed E-state index contributed by atoms with van der Waals surface area (Å²) < 4.78 is 13.0. The fourth-order valence-corrected chi connectivity index (χ4v) is 5.62. The first kappa shape index (κ1) is 27.3. The van der Waals surface area contributed by atoms with E-state index in [4.69, 9.17) is 9.47 Å². The fraction of sp³-hybridized carbons (Fsp3) is 0.269. The van der Waals surface area contributed by atoms with Crippen LogP contribution in [0.5, 0.6) is 11.5 Å². The minimum atomic E-state index is -0.896. The van der Waals surface area contributed by atoms with Crippen molar-refractivity contribution in [3.63, 3.8) is 0 Å². The molecule has 2 aromatic carbocycles. The number of phenolic OH excluding ortho intramolecular Hbond substituents is 1. The monoisotopic (exact) mass is 601 g/mol. The molecule has 10 nitrogen and oxygen atoms in total. The molecular formula is C26H24BrN3O7S. The fourth-order valence-electron chi connectivity index (χ4n) is 4.12. The SMILES string of the molecule is CCOC(=O)C1=C(C)N=c2s/c(=C\c3cc([N+](=O)[O-])cc(Br)c3O)c(=O)n2[C@H]1c1ccccc1OC(C)C. The molecule has 3 aromatic rings. The maximum Gasteiger partial charge on any atom is 0.338 e. The number of ether oxygens (including phenoxy) is 2. The molecule has 1 N–H and O–H groups in total. The number of esters is 1. The lowest BCUT2D eigenvalue weighted by Gasteiger charge is -2.26. The van der Waals surface area contributed by atoms with Crippen molar-refractivity contribution in [1.29, 1.82) is 0 Å². The molecule has 0 spiro atoms. The van der Waals surface area contributed by atoms with Gasteiger partial charge in [-0.1, -0.05) is 29.5 Å². The number of aromatic hydroxyl groups is 1. The molecule has 0 amide bonds. The molecule has 1 aliphatic rings. The van der Waals surface area contributed by atoms with Crippen LogP contribution in [0.4, 0.5) is 5.69 Å². The normalized spacial score (nSPS) is 15.3. The zero-order chi connectivity index (χ0) is 27.7. The Morgan fingerprint density at radius 2 is 2.05 bits per heavy atom. The first-order chi connectivity index (χ1) is 18.0. The van der Waals surface area contributed by atoms with Crippen molar-refractivity contribution < 1.29 is 24.3 Å². The number of hydrogen-bond acceptors (Lipinski definition) is 9. The largest absolute Gasteiger partial charge is 0.506 e. The second kappa shape index (κ2) is 10.9. The Bertz CT molecular complexity index is 1660. The van der Waals surface area contributed by atoms with Crippen LogP contribution in [0.3, 0.4) is 0 Å². The highest BCUT2D eigenvalue weighted by molar-refractivity contribution is 9.10. The average molecular weight is 602 g/mol. The van der Waals surface area contributed by atoms with E-state index in [-0.39, 0.29) is 44.3 Å². The third-order valence-corrected chi connectivity index (χ3v) is 7.26. The molecule has 2 heterocycles. The summed E-state index contributed by atoms with van der Waals surface area (Å²) in [6.07, 6.45) is 1.20. The number of hydrogen-bond donors (Lipinski definition) is 1. The molecule has 1 aliphatic heterocycles. The van der Waals surface area contributed by atoms with E-state index in [1.165, 1.54) is 22.8 Å². The van der Waals surface area contributed by atoms with Gasteiger partial charge in [-0.3, -0.25) is 19.5 Å². The molecular weight excluding hydrogens is 578 g/mol. The summed E-state index contributed by atoms with van der Waals surface area (Å²) in [7, 11) is 0. The van der Waals surface area contributed by atoms with E-state index >= 15 is 0 Å². The standard InChI is InChI=1S/C26H24BrN3O7S/c1-5-36-25(33)21-14(4)28-26-29(22(21)17-8-6-7-9-19(17)37-13(2)3)24(32)20(38-26)11-15-10-16(30(34)35)12-18(27)23(15)31/h6-13,22,31H,5H2,1-4H3/b20-11-/t22-/m0/s1. The number of carbonyl (C=O) groups excluding carboxylic acids is 1. The van der Waals surface area contributed by atoms with Gasteiger partial charge in [0.1, 0.15) is 17.5 Å². The zero-order valence-corrected chi connectivity index (χ0v) is 23.3. The molecule has 0 bridgehead atoms. The van der Waals surface area contributed by atoms with Gasteiger partial charge in [-0.2, -0.15) is 0 Å². The third-order valence-electron chi connectivity index (χ3n) is 5.67. The van der Waals surface area contributed by atoms with Gasteiger partial charge in [0, 0.05) is 23.3 Å². The molecule has 1 atom stereocenters. The molecule has 0 saturated carbocycles. The number of allylic oxidation sites excluding steroid dienone is 1. The Morgan fingerprint density at radius 3 is 2.71 bits per heavy atom. The number of para-hydroxylation sites is 1. The van der Waals surface area contributed by atoms with Gasteiger partial charge in [0.05, 0.1) is 37.9 Å². The number of carbonyl (C=O) groups is 1. The zero-order valence-electron chi connectivity index (χ0n) is 20.9. The lowest BCUT2D eigenvalue weighted by atomic mass is 9.95. The van der Waals surface area contributed by atoms with Crippen molar-refractivity contribution in [2.75, 3.05) is 6.61 Å². The van der Waals surface area contributed by atoms with Gasteiger partial charge in [-0.05, 0) is 55.8 Å². The van der Waals surface area contributed by atoms with Crippen LogP contribution in [0.25, 0.3) is 6.08 Å². The molecule has 12 heteroatoms. The summed E-state index contributed by atoms with van der Waals surface area (Å²) in [5.74, 6) is -0.358. The molecule has 0 aliphatic carbocycles. The molecule has 0 radical (unpaired) electrons. The maximum absolute atomic E-state index is 13.8. The highest BCUT2D eigenvalue weighted by Crippen LogP contribution is 2.36. The van der Waals surface area contributed by atoms with Crippen LogP contribution in [0.15, 0.2) is 61.9 Å². The van der Waals surface area contributed by atoms with E-state index in [1.54, 1.807) is 38.1 Å². The number of nitro benzene ring substituents is 1. The molecule has 198 valence electrons. The van der Waals surface area contributed by atoms with Gasteiger partial charge < -0.3 is 14.6 Å². The number of rotatable bonds is 7. The predicted molar refractivity (Wildman–Crippen MR) is 145 cm³/mol. The predicted octanol–water partition coefficient (Wildman–Crippen LogP) is 3.96. The number of halogens is 1. The minimum absolute atomic E-state index is 0.0813. The maximum atomic E-state index is 13.8.